The van der Waals surface area contributed by atoms with Gasteiger partial charge in [0, 0.05) is 5.39 Å². The first kappa shape index (κ1) is 9.84. The van der Waals surface area contributed by atoms with Crippen LogP contribution in [0.15, 0.2) is 55.0 Å². The van der Waals surface area contributed by atoms with Gasteiger partial charge >= 0.3 is 0 Å². The molecule has 1 aromatic heterocycles. The summed E-state index contributed by atoms with van der Waals surface area (Å²) in [6, 6.07) is 14.7. The Labute approximate surface area is 107 Å². The highest BCUT2D eigenvalue weighted by Gasteiger charge is 2.04. The quantitative estimate of drug-likeness (QED) is 0.626. The average Bonchev–Trinajstić information content (AvgIpc) is 2.75. The zero-order chi connectivity index (χ0) is 11.0. The molecular formula is C13H9IN2. The van der Waals surface area contributed by atoms with Gasteiger partial charge in [0.2, 0.25) is 0 Å². The number of benzene rings is 2. The molecule has 2 nitrogen and oxygen atoms in total. The maximum Gasteiger partial charge on any atom is 0.104 e. The van der Waals surface area contributed by atoms with Gasteiger partial charge in [0.15, 0.2) is 0 Å². The third-order valence-electron chi connectivity index (χ3n) is 2.62. The number of nitrogens with zero attached hydrogens (tertiary/aromatic N) is 2. The minimum Gasteiger partial charge on any atom is -0.294 e. The lowest BCUT2D eigenvalue weighted by molar-refractivity contribution is 1.04. The van der Waals surface area contributed by atoms with Crippen molar-refractivity contribution in [1.29, 1.82) is 0 Å². The van der Waals surface area contributed by atoms with Gasteiger partial charge in [-0.25, -0.2) is 4.98 Å². The van der Waals surface area contributed by atoms with Crippen LogP contribution in [0.25, 0.3) is 16.5 Å². The lowest BCUT2D eigenvalue weighted by Gasteiger charge is -2.08. The van der Waals surface area contributed by atoms with Crippen LogP contribution < -0.4 is 0 Å². The van der Waals surface area contributed by atoms with E-state index < -0.39 is 0 Å². The van der Waals surface area contributed by atoms with Crippen molar-refractivity contribution in [2.24, 2.45) is 0 Å². The highest BCUT2D eigenvalue weighted by Crippen LogP contribution is 2.23. The van der Waals surface area contributed by atoms with Crippen molar-refractivity contribution in [2.45, 2.75) is 0 Å². The van der Waals surface area contributed by atoms with Crippen molar-refractivity contribution in [2.75, 3.05) is 0 Å². The standard InChI is InChI=1S/C13H9IN2/c14-13-8-15-9-16(13)12-7-3-5-10-4-1-2-6-11(10)12/h1-9H. The van der Waals surface area contributed by atoms with Crippen molar-refractivity contribution >= 4 is 33.4 Å². The third kappa shape index (κ3) is 1.51. The Morgan fingerprint density at radius 2 is 1.81 bits per heavy atom. The van der Waals surface area contributed by atoms with Crippen LogP contribution in [0.3, 0.4) is 0 Å². The fraction of sp³-hybridized carbons (Fsp3) is 0. The van der Waals surface area contributed by atoms with Crippen molar-refractivity contribution < 1.29 is 0 Å². The van der Waals surface area contributed by atoms with E-state index in [1.165, 1.54) is 16.5 Å². The fourth-order valence-electron chi connectivity index (χ4n) is 1.87. The lowest BCUT2D eigenvalue weighted by atomic mass is 10.1. The zero-order valence-corrected chi connectivity index (χ0v) is 10.6. The number of aromatic nitrogens is 2. The Hall–Kier alpha value is -1.36. The van der Waals surface area contributed by atoms with E-state index >= 15 is 0 Å². The fourth-order valence-corrected chi connectivity index (χ4v) is 2.42. The molecule has 2 aromatic carbocycles. The van der Waals surface area contributed by atoms with E-state index in [9.17, 15) is 0 Å². The average molecular weight is 320 g/mol. The zero-order valence-electron chi connectivity index (χ0n) is 8.47. The highest BCUT2D eigenvalue weighted by molar-refractivity contribution is 14.1. The normalized spacial score (nSPS) is 10.8. The molecule has 0 aliphatic heterocycles. The monoisotopic (exact) mass is 320 g/mol. The van der Waals surface area contributed by atoms with Crippen LogP contribution in [0, 0.1) is 3.70 Å². The Balaban J connectivity index is 2.36. The van der Waals surface area contributed by atoms with Gasteiger partial charge in [0.1, 0.15) is 10.0 Å². The van der Waals surface area contributed by atoms with E-state index in [1.54, 1.807) is 0 Å². The van der Waals surface area contributed by atoms with Gasteiger partial charge < -0.3 is 0 Å². The number of halogens is 1. The largest absolute Gasteiger partial charge is 0.294 e. The number of rotatable bonds is 1. The van der Waals surface area contributed by atoms with Gasteiger partial charge in [-0.15, -0.1) is 0 Å². The van der Waals surface area contributed by atoms with Crippen molar-refractivity contribution in [1.82, 2.24) is 9.55 Å². The van der Waals surface area contributed by atoms with Crippen molar-refractivity contribution in [3.8, 4) is 5.69 Å². The number of fused-ring (bicyclic) bond motifs is 1. The molecule has 0 fully saturated rings. The third-order valence-corrected chi connectivity index (χ3v) is 3.42. The van der Waals surface area contributed by atoms with Crippen LogP contribution in [0.1, 0.15) is 0 Å². The predicted octanol–water partition coefficient (Wildman–Crippen LogP) is 3.63. The SMILES string of the molecule is Ic1cncn1-c1cccc2ccccc12. The van der Waals surface area contributed by atoms with Crippen LogP contribution in [0.5, 0.6) is 0 Å². The van der Waals surface area contributed by atoms with Crippen molar-refractivity contribution in [3.63, 3.8) is 0 Å². The summed E-state index contributed by atoms with van der Waals surface area (Å²) >= 11 is 2.29. The van der Waals surface area contributed by atoms with E-state index in [1.807, 2.05) is 12.5 Å². The Morgan fingerprint density at radius 1 is 1.00 bits per heavy atom. The summed E-state index contributed by atoms with van der Waals surface area (Å²) < 4.78 is 3.22. The molecule has 16 heavy (non-hydrogen) atoms. The second-order valence-electron chi connectivity index (χ2n) is 3.58. The highest BCUT2D eigenvalue weighted by atomic mass is 127. The summed E-state index contributed by atoms with van der Waals surface area (Å²) in [5, 5.41) is 2.51. The summed E-state index contributed by atoms with van der Waals surface area (Å²) in [5.74, 6) is 0. The molecule has 0 radical (unpaired) electrons. The maximum atomic E-state index is 4.16. The van der Waals surface area contributed by atoms with Crippen LogP contribution in [0.2, 0.25) is 0 Å². The van der Waals surface area contributed by atoms with E-state index in [4.69, 9.17) is 0 Å². The van der Waals surface area contributed by atoms with Gasteiger partial charge in [-0.1, -0.05) is 36.4 Å². The number of imidazole rings is 1. The molecule has 0 unspecified atom stereocenters. The van der Waals surface area contributed by atoms with Gasteiger partial charge in [0.05, 0.1) is 11.9 Å². The van der Waals surface area contributed by atoms with Gasteiger partial charge in [0.25, 0.3) is 0 Å². The summed E-state index contributed by atoms with van der Waals surface area (Å²) in [4.78, 5) is 4.16. The second-order valence-corrected chi connectivity index (χ2v) is 4.69. The Morgan fingerprint density at radius 3 is 2.62 bits per heavy atom. The summed E-state index contributed by atoms with van der Waals surface area (Å²) in [7, 11) is 0. The smallest absolute Gasteiger partial charge is 0.104 e. The molecule has 3 heteroatoms. The molecule has 0 saturated carbocycles. The summed E-state index contributed by atoms with van der Waals surface area (Å²) in [6.07, 6.45) is 3.71. The van der Waals surface area contributed by atoms with E-state index in [0.29, 0.717) is 0 Å². The number of hydrogen-bond acceptors (Lipinski definition) is 1. The van der Waals surface area contributed by atoms with Crippen LogP contribution in [-0.4, -0.2) is 9.55 Å². The molecule has 0 bridgehead atoms. The molecule has 0 aliphatic rings. The minimum absolute atomic E-state index is 1.12. The topological polar surface area (TPSA) is 17.8 Å². The van der Waals surface area contributed by atoms with E-state index in [2.05, 4.69) is 74.6 Å². The van der Waals surface area contributed by atoms with E-state index in [-0.39, 0.29) is 0 Å². The molecule has 3 rings (SSSR count). The summed E-state index contributed by atoms with van der Waals surface area (Å²) in [6.45, 7) is 0. The lowest BCUT2D eigenvalue weighted by Crippen LogP contribution is -1.95. The molecule has 1 heterocycles. The van der Waals surface area contributed by atoms with Crippen molar-refractivity contribution in [3.05, 3.63) is 58.7 Å². The molecule has 0 amide bonds. The first-order chi connectivity index (χ1) is 7.86. The Kier molecular flexibility index (Phi) is 2.40. The minimum atomic E-state index is 1.12. The first-order valence-corrected chi connectivity index (χ1v) is 6.10. The molecular weight excluding hydrogens is 311 g/mol. The summed E-state index contributed by atoms with van der Waals surface area (Å²) in [5.41, 5.74) is 1.18. The first-order valence-electron chi connectivity index (χ1n) is 5.02. The molecule has 0 aliphatic carbocycles. The molecule has 0 spiro atoms. The van der Waals surface area contributed by atoms with Crippen LogP contribution in [0.4, 0.5) is 0 Å². The van der Waals surface area contributed by atoms with E-state index in [0.717, 1.165) is 3.70 Å². The molecule has 3 aromatic rings. The number of hydrogen-bond donors (Lipinski definition) is 0. The van der Waals surface area contributed by atoms with Gasteiger partial charge in [-0.05, 0) is 34.0 Å². The molecule has 0 atom stereocenters. The second kappa shape index (κ2) is 3.90. The maximum absolute atomic E-state index is 4.16. The molecule has 0 N–H and O–H groups in total. The van der Waals surface area contributed by atoms with Crippen LogP contribution >= 0.6 is 22.6 Å². The Bertz CT molecular complexity index is 638. The van der Waals surface area contributed by atoms with Gasteiger partial charge in [-0.2, -0.15) is 0 Å². The molecule has 0 saturated heterocycles. The van der Waals surface area contributed by atoms with Crippen LogP contribution in [-0.2, 0) is 0 Å². The predicted molar refractivity (Wildman–Crippen MR) is 73.8 cm³/mol. The van der Waals surface area contributed by atoms with Gasteiger partial charge in [-0.3, -0.25) is 4.57 Å². The molecule has 78 valence electrons.